The molecular formula is C21H26N2O2. The summed E-state index contributed by atoms with van der Waals surface area (Å²) >= 11 is 0. The lowest BCUT2D eigenvalue weighted by Gasteiger charge is -2.26. The molecule has 132 valence electrons. The van der Waals surface area contributed by atoms with Crippen molar-refractivity contribution in [1.82, 2.24) is 10.3 Å². The molecule has 25 heavy (non-hydrogen) atoms. The zero-order valence-electron chi connectivity index (χ0n) is 14.6. The van der Waals surface area contributed by atoms with Crippen LogP contribution in [0.3, 0.4) is 0 Å². The second-order valence-electron chi connectivity index (χ2n) is 7.03. The fourth-order valence-corrected chi connectivity index (χ4v) is 3.87. The third-order valence-corrected chi connectivity index (χ3v) is 5.23. The summed E-state index contributed by atoms with van der Waals surface area (Å²) in [4.78, 5) is 4.45. The first-order valence-electron chi connectivity index (χ1n) is 9.44. The molecule has 0 unspecified atom stereocenters. The molecule has 0 bridgehead atoms. The van der Waals surface area contributed by atoms with E-state index < -0.39 is 0 Å². The molecule has 2 aromatic rings. The maximum atomic E-state index is 6.50. The minimum atomic E-state index is 0.0197. The molecule has 1 aliphatic heterocycles. The standard InChI is InChI=1S/C21H26N2O2/c1-2-7-16(8-3-1)20(17-12-14-22-15-17)25-19-11-6-13-23-21(19)24-18-9-4-5-10-18/h1-3,6-8,11,13,17-18,20,22H,4-5,9-10,12,14-15H2/t17-,20-/m1/s1. The highest BCUT2D eigenvalue weighted by Gasteiger charge is 2.29. The van der Waals surface area contributed by atoms with E-state index in [0.717, 1.165) is 38.1 Å². The van der Waals surface area contributed by atoms with Crippen LogP contribution < -0.4 is 14.8 Å². The fourth-order valence-electron chi connectivity index (χ4n) is 3.87. The van der Waals surface area contributed by atoms with Crippen molar-refractivity contribution in [1.29, 1.82) is 0 Å². The number of nitrogens with zero attached hydrogens (tertiary/aromatic N) is 1. The van der Waals surface area contributed by atoms with Crippen molar-refractivity contribution in [2.24, 2.45) is 5.92 Å². The van der Waals surface area contributed by atoms with E-state index in [9.17, 15) is 0 Å². The van der Waals surface area contributed by atoms with Crippen LogP contribution in [0.2, 0.25) is 0 Å². The number of hydrogen-bond donors (Lipinski definition) is 1. The van der Waals surface area contributed by atoms with Gasteiger partial charge in [-0.25, -0.2) is 4.98 Å². The maximum Gasteiger partial charge on any atom is 0.257 e. The third-order valence-electron chi connectivity index (χ3n) is 5.23. The lowest BCUT2D eigenvalue weighted by molar-refractivity contribution is 0.126. The number of benzene rings is 1. The number of rotatable bonds is 6. The second-order valence-corrected chi connectivity index (χ2v) is 7.03. The number of pyridine rings is 1. The lowest BCUT2D eigenvalue weighted by Crippen LogP contribution is -2.22. The van der Waals surface area contributed by atoms with Crippen LogP contribution in [-0.2, 0) is 0 Å². The van der Waals surface area contributed by atoms with Gasteiger partial charge in [0.05, 0.1) is 0 Å². The van der Waals surface area contributed by atoms with Crippen LogP contribution >= 0.6 is 0 Å². The molecule has 1 aliphatic carbocycles. The highest BCUT2D eigenvalue weighted by Crippen LogP contribution is 2.36. The van der Waals surface area contributed by atoms with Crippen molar-refractivity contribution < 1.29 is 9.47 Å². The van der Waals surface area contributed by atoms with Gasteiger partial charge in [0.15, 0.2) is 5.75 Å². The zero-order valence-corrected chi connectivity index (χ0v) is 14.6. The van der Waals surface area contributed by atoms with E-state index in [-0.39, 0.29) is 12.2 Å². The van der Waals surface area contributed by atoms with Gasteiger partial charge >= 0.3 is 0 Å². The Morgan fingerprint density at radius 2 is 1.84 bits per heavy atom. The Labute approximate surface area is 149 Å². The average Bonchev–Trinajstić information content (AvgIpc) is 3.36. The van der Waals surface area contributed by atoms with Gasteiger partial charge in [-0.2, -0.15) is 0 Å². The van der Waals surface area contributed by atoms with Gasteiger partial charge in [-0.1, -0.05) is 30.3 Å². The molecule has 1 aromatic heterocycles. The van der Waals surface area contributed by atoms with Crippen LogP contribution in [0, 0.1) is 5.92 Å². The SMILES string of the molecule is c1ccc([C@@H](Oc2cccnc2OC2CCCC2)[C@@H]2CCNC2)cc1. The minimum absolute atomic E-state index is 0.0197. The number of hydrogen-bond acceptors (Lipinski definition) is 4. The highest BCUT2D eigenvalue weighted by molar-refractivity contribution is 5.34. The van der Waals surface area contributed by atoms with E-state index in [4.69, 9.17) is 9.47 Å². The lowest BCUT2D eigenvalue weighted by atomic mass is 9.95. The van der Waals surface area contributed by atoms with Gasteiger partial charge in [-0.3, -0.25) is 0 Å². The van der Waals surface area contributed by atoms with Crippen molar-refractivity contribution in [3.63, 3.8) is 0 Å². The summed E-state index contributed by atoms with van der Waals surface area (Å²) in [5.74, 6) is 1.86. The van der Waals surface area contributed by atoms with Crippen LogP contribution in [0.1, 0.15) is 43.8 Å². The van der Waals surface area contributed by atoms with Gasteiger partial charge in [-0.15, -0.1) is 0 Å². The Balaban J connectivity index is 1.57. The molecule has 2 aliphatic rings. The normalized spacial score (nSPS) is 22.0. The average molecular weight is 338 g/mol. The largest absolute Gasteiger partial charge is 0.480 e. The molecule has 1 aromatic carbocycles. The van der Waals surface area contributed by atoms with E-state index in [1.807, 2.05) is 18.2 Å². The summed E-state index contributed by atoms with van der Waals surface area (Å²) < 4.78 is 12.7. The zero-order chi connectivity index (χ0) is 16.9. The summed E-state index contributed by atoms with van der Waals surface area (Å²) in [5, 5.41) is 3.45. The molecule has 2 heterocycles. The highest BCUT2D eigenvalue weighted by atomic mass is 16.5. The minimum Gasteiger partial charge on any atom is -0.480 e. The number of nitrogens with one attached hydrogen (secondary N) is 1. The first kappa shape index (κ1) is 16.4. The first-order chi connectivity index (χ1) is 12.4. The summed E-state index contributed by atoms with van der Waals surface area (Å²) in [5.41, 5.74) is 1.21. The molecule has 4 rings (SSSR count). The molecule has 1 saturated carbocycles. The Bertz CT molecular complexity index is 665. The van der Waals surface area contributed by atoms with E-state index in [1.54, 1.807) is 6.20 Å². The molecule has 1 saturated heterocycles. The van der Waals surface area contributed by atoms with Crippen molar-refractivity contribution in [2.45, 2.75) is 44.3 Å². The quantitative estimate of drug-likeness (QED) is 0.860. The summed E-state index contributed by atoms with van der Waals surface area (Å²) in [6, 6.07) is 14.4. The molecule has 4 heteroatoms. The molecule has 0 radical (unpaired) electrons. The van der Waals surface area contributed by atoms with Crippen LogP contribution in [0.15, 0.2) is 48.7 Å². The Kier molecular flexibility index (Phi) is 5.17. The number of aromatic nitrogens is 1. The molecule has 1 N–H and O–H groups in total. The number of ether oxygens (including phenoxy) is 2. The van der Waals surface area contributed by atoms with E-state index in [0.29, 0.717) is 11.8 Å². The van der Waals surface area contributed by atoms with Crippen LogP contribution in [-0.4, -0.2) is 24.2 Å². The molecular weight excluding hydrogens is 312 g/mol. The molecule has 4 nitrogen and oxygen atoms in total. The predicted octanol–water partition coefficient (Wildman–Crippen LogP) is 4.13. The smallest absolute Gasteiger partial charge is 0.257 e. The Morgan fingerprint density at radius 3 is 2.60 bits per heavy atom. The molecule has 2 fully saturated rings. The van der Waals surface area contributed by atoms with Crippen molar-refractivity contribution in [3.8, 4) is 11.6 Å². The van der Waals surface area contributed by atoms with E-state index in [2.05, 4.69) is 34.6 Å². The van der Waals surface area contributed by atoms with E-state index in [1.165, 1.54) is 18.4 Å². The summed E-state index contributed by atoms with van der Waals surface area (Å²) in [6.45, 7) is 2.04. The Hall–Kier alpha value is -2.07. The van der Waals surface area contributed by atoms with Crippen molar-refractivity contribution in [2.75, 3.05) is 13.1 Å². The summed E-state index contributed by atoms with van der Waals surface area (Å²) in [6.07, 6.45) is 7.92. The first-order valence-corrected chi connectivity index (χ1v) is 9.44. The third kappa shape index (κ3) is 3.96. The monoisotopic (exact) mass is 338 g/mol. The summed E-state index contributed by atoms with van der Waals surface area (Å²) in [7, 11) is 0. The topological polar surface area (TPSA) is 43.4 Å². The van der Waals surface area contributed by atoms with Crippen molar-refractivity contribution in [3.05, 3.63) is 54.2 Å². The molecule has 0 amide bonds. The van der Waals surface area contributed by atoms with Gasteiger partial charge in [0, 0.05) is 18.7 Å². The van der Waals surface area contributed by atoms with Crippen LogP contribution in [0.4, 0.5) is 0 Å². The van der Waals surface area contributed by atoms with Gasteiger partial charge in [-0.05, 0) is 56.3 Å². The maximum absolute atomic E-state index is 6.50. The van der Waals surface area contributed by atoms with Crippen LogP contribution in [0.5, 0.6) is 11.6 Å². The van der Waals surface area contributed by atoms with Crippen LogP contribution in [0.25, 0.3) is 0 Å². The van der Waals surface area contributed by atoms with E-state index >= 15 is 0 Å². The fraction of sp³-hybridized carbons (Fsp3) is 0.476. The van der Waals surface area contributed by atoms with Gasteiger partial charge in [0.25, 0.3) is 5.88 Å². The Morgan fingerprint density at radius 1 is 1.00 bits per heavy atom. The van der Waals surface area contributed by atoms with Crippen molar-refractivity contribution >= 4 is 0 Å². The second kappa shape index (κ2) is 7.87. The predicted molar refractivity (Wildman–Crippen MR) is 97.9 cm³/mol. The van der Waals surface area contributed by atoms with Gasteiger partial charge in [0.2, 0.25) is 0 Å². The molecule has 2 atom stereocenters. The molecule has 0 spiro atoms. The van der Waals surface area contributed by atoms with Gasteiger partial charge in [0.1, 0.15) is 12.2 Å². The van der Waals surface area contributed by atoms with Gasteiger partial charge < -0.3 is 14.8 Å².